The quantitative estimate of drug-likeness (QED) is 0.324. The lowest BCUT2D eigenvalue weighted by Gasteiger charge is -2.45. The molecule has 6 heteroatoms. The second-order valence-electron chi connectivity index (χ2n) is 14.0. The number of aliphatic hydroxyl groups excluding tert-OH is 1. The van der Waals surface area contributed by atoms with Gasteiger partial charge in [0, 0.05) is 23.8 Å². The van der Waals surface area contributed by atoms with Crippen LogP contribution in [-0.4, -0.2) is 41.7 Å². The van der Waals surface area contributed by atoms with Crippen molar-refractivity contribution >= 4 is 5.78 Å². The zero-order valence-electron chi connectivity index (χ0n) is 23.1. The van der Waals surface area contributed by atoms with E-state index < -0.39 is 6.10 Å². The fourth-order valence-electron chi connectivity index (χ4n) is 9.66. The Kier molecular flexibility index (Phi) is 8.35. The van der Waals surface area contributed by atoms with Crippen molar-refractivity contribution in [3.63, 3.8) is 0 Å². The number of nitrogens with zero attached hydrogens (tertiary/aromatic N) is 2. The van der Waals surface area contributed by atoms with Crippen molar-refractivity contribution in [3.05, 3.63) is 0 Å². The molecule has 0 saturated heterocycles. The summed E-state index contributed by atoms with van der Waals surface area (Å²) in [5.74, 6) is 4.21. The lowest BCUT2D eigenvalue weighted by Crippen LogP contribution is -2.50. The molecule has 0 aromatic carbocycles. The molecule has 6 fully saturated rings. The monoisotopic (exact) mass is 513 g/mol. The summed E-state index contributed by atoms with van der Waals surface area (Å²) < 4.78 is 0. The molecule has 11 unspecified atom stereocenters. The molecule has 208 valence electrons. The van der Waals surface area contributed by atoms with Crippen LogP contribution in [0.1, 0.15) is 110 Å². The Bertz CT molecular complexity index is 814. The number of hydrogen-bond donors (Lipinski definition) is 2. The predicted octanol–water partition coefficient (Wildman–Crippen LogP) is 6.27. The van der Waals surface area contributed by atoms with E-state index in [2.05, 4.69) is 12.4 Å². The molecule has 11 atom stereocenters. The molecule has 0 heterocycles. The van der Waals surface area contributed by atoms with Crippen molar-refractivity contribution in [3.8, 4) is 0 Å². The van der Waals surface area contributed by atoms with Gasteiger partial charge in [-0.05, 0) is 87.4 Å². The number of aliphatic hydroxyl groups is 1. The zero-order valence-corrected chi connectivity index (χ0v) is 23.1. The van der Waals surface area contributed by atoms with Crippen LogP contribution in [-0.2, 0) is 9.63 Å². The number of ketones is 1. The smallest absolute Gasteiger partial charge is 0.139 e. The number of carbonyl (C=O) groups excluding carboxylic acids is 1. The SMILES string of the molecule is CC1CCC2C(C1)C(=O)C1CC(N=NC3C(O)C(CONC4CCCCC4)CC4CCCCC43)CCC12. The highest BCUT2D eigenvalue weighted by Gasteiger charge is 2.53. The van der Waals surface area contributed by atoms with Crippen molar-refractivity contribution < 1.29 is 14.7 Å². The Morgan fingerprint density at radius 1 is 0.811 bits per heavy atom. The van der Waals surface area contributed by atoms with E-state index in [1.165, 1.54) is 64.2 Å². The molecule has 6 rings (SSSR count). The summed E-state index contributed by atoms with van der Waals surface area (Å²) in [7, 11) is 0. The molecule has 0 aliphatic heterocycles. The van der Waals surface area contributed by atoms with Gasteiger partial charge in [-0.2, -0.15) is 15.7 Å². The normalized spacial score (nSPS) is 47.0. The van der Waals surface area contributed by atoms with Gasteiger partial charge in [0.1, 0.15) is 11.8 Å². The molecule has 0 aromatic heterocycles. The molecule has 2 N–H and O–H groups in total. The first kappa shape index (κ1) is 26.4. The van der Waals surface area contributed by atoms with Gasteiger partial charge >= 0.3 is 0 Å². The first-order valence-electron chi connectivity index (χ1n) is 16.1. The summed E-state index contributed by atoms with van der Waals surface area (Å²) >= 11 is 0. The molecule has 0 radical (unpaired) electrons. The van der Waals surface area contributed by atoms with Crippen LogP contribution in [0.3, 0.4) is 0 Å². The second kappa shape index (κ2) is 11.7. The van der Waals surface area contributed by atoms with Gasteiger partial charge in [0.2, 0.25) is 0 Å². The van der Waals surface area contributed by atoms with Gasteiger partial charge < -0.3 is 9.94 Å². The van der Waals surface area contributed by atoms with Crippen molar-refractivity contribution in [2.45, 2.75) is 134 Å². The number of hydrogen-bond acceptors (Lipinski definition) is 6. The first-order valence-corrected chi connectivity index (χ1v) is 16.1. The van der Waals surface area contributed by atoms with Gasteiger partial charge in [0.05, 0.1) is 18.8 Å². The van der Waals surface area contributed by atoms with Crippen LogP contribution in [0, 0.1) is 47.3 Å². The topological polar surface area (TPSA) is 83.3 Å². The molecule has 6 aliphatic carbocycles. The van der Waals surface area contributed by atoms with Crippen LogP contribution in [0.25, 0.3) is 0 Å². The second-order valence-corrected chi connectivity index (χ2v) is 14.0. The van der Waals surface area contributed by atoms with E-state index in [1.54, 1.807) is 0 Å². The molecule has 6 nitrogen and oxygen atoms in total. The standard InChI is InChI=1S/C31H51N3O3/c1-19-11-13-25-26-14-12-23(17-28(26)31(36)27(25)15-19)32-33-29-24-10-6-5-7-20(24)16-21(30(29)35)18-37-34-22-8-3-2-4-9-22/h19-30,34-35H,2-18H2,1H3. The summed E-state index contributed by atoms with van der Waals surface area (Å²) in [4.78, 5) is 19.3. The lowest BCUT2D eigenvalue weighted by atomic mass is 9.64. The van der Waals surface area contributed by atoms with Gasteiger partial charge in [-0.15, -0.1) is 0 Å². The predicted molar refractivity (Wildman–Crippen MR) is 144 cm³/mol. The molecule has 6 aliphatic rings. The maximum Gasteiger partial charge on any atom is 0.139 e. The van der Waals surface area contributed by atoms with E-state index in [0.29, 0.717) is 53.9 Å². The number of nitrogens with one attached hydrogen (secondary N) is 1. The molecule has 0 bridgehead atoms. The van der Waals surface area contributed by atoms with E-state index >= 15 is 0 Å². The van der Waals surface area contributed by atoms with E-state index in [-0.39, 0.29) is 23.9 Å². The molecule has 6 saturated carbocycles. The van der Waals surface area contributed by atoms with Crippen molar-refractivity contribution in [1.29, 1.82) is 0 Å². The Labute approximate surface area is 224 Å². The summed E-state index contributed by atoms with van der Waals surface area (Å²) in [5.41, 5.74) is 3.31. The third-order valence-corrected chi connectivity index (χ3v) is 11.7. The third kappa shape index (κ3) is 5.59. The third-order valence-electron chi connectivity index (χ3n) is 11.7. The van der Waals surface area contributed by atoms with Crippen LogP contribution in [0.2, 0.25) is 0 Å². The van der Waals surface area contributed by atoms with E-state index in [0.717, 1.165) is 38.5 Å². The van der Waals surface area contributed by atoms with Crippen LogP contribution in [0.15, 0.2) is 10.2 Å². The van der Waals surface area contributed by atoms with Gasteiger partial charge in [-0.3, -0.25) is 4.79 Å². The van der Waals surface area contributed by atoms with Crippen molar-refractivity contribution in [2.75, 3.05) is 6.61 Å². The number of hydroxylamine groups is 1. The van der Waals surface area contributed by atoms with Gasteiger partial charge in [0.15, 0.2) is 0 Å². The van der Waals surface area contributed by atoms with Crippen LogP contribution in [0.4, 0.5) is 0 Å². The molecule has 0 aromatic rings. The van der Waals surface area contributed by atoms with Crippen LogP contribution < -0.4 is 5.48 Å². The molecule has 37 heavy (non-hydrogen) atoms. The highest BCUT2D eigenvalue weighted by Crippen LogP contribution is 2.53. The highest BCUT2D eigenvalue weighted by atomic mass is 16.6. The van der Waals surface area contributed by atoms with Gasteiger partial charge in [-0.25, -0.2) is 0 Å². The maximum absolute atomic E-state index is 13.3. The average molecular weight is 514 g/mol. The van der Waals surface area contributed by atoms with Crippen molar-refractivity contribution in [2.24, 2.45) is 57.6 Å². The zero-order chi connectivity index (χ0) is 25.4. The van der Waals surface area contributed by atoms with E-state index in [1.807, 2.05) is 0 Å². The summed E-state index contributed by atoms with van der Waals surface area (Å²) in [6.07, 6.45) is 18.6. The maximum atomic E-state index is 13.3. The molecule has 0 amide bonds. The number of Topliss-reactive ketones (excluding diaryl/α,β-unsaturated/α-hetero) is 1. The molecular formula is C31H51N3O3. The average Bonchev–Trinajstić information content (AvgIpc) is 3.19. The number of fused-ring (bicyclic) bond motifs is 4. The minimum Gasteiger partial charge on any atom is -0.390 e. The van der Waals surface area contributed by atoms with Crippen LogP contribution in [0.5, 0.6) is 0 Å². The van der Waals surface area contributed by atoms with Gasteiger partial charge in [-0.1, -0.05) is 51.9 Å². The van der Waals surface area contributed by atoms with Gasteiger partial charge in [0.25, 0.3) is 0 Å². The largest absolute Gasteiger partial charge is 0.390 e. The summed E-state index contributed by atoms with van der Waals surface area (Å²) in [6.45, 7) is 2.89. The summed E-state index contributed by atoms with van der Waals surface area (Å²) in [6, 6.07) is 0.511. The van der Waals surface area contributed by atoms with E-state index in [9.17, 15) is 9.90 Å². The molecule has 0 spiro atoms. The van der Waals surface area contributed by atoms with Crippen molar-refractivity contribution in [1.82, 2.24) is 5.48 Å². The van der Waals surface area contributed by atoms with Crippen LogP contribution >= 0.6 is 0 Å². The fraction of sp³-hybridized carbons (Fsp3) is 0.968. The van der Waals surface area contributed by atoms with E-state index in [4.69, 9.17) is 15.1 Å². The summed E-state index contributed by atoms with van der Waals surface area (Å²) in [5, 5.41) is 21.3. The lowest BCUT2D eigenvalue weighted by molar-refractivity contribution is -0.126. The highest BCUT2D eigenvalue weighted by molar-refractivity contribution is 5.86. The Morgan fingerprint density at radius 3 is 2.38 bits per heavy atom. The number of azo groups is 1. The first-order chi connectivity index (χ1) is 18.1. The minimum absolute atomic E-state index is 0.109. The Hall–Kier alpha value is -0.850. The Balaban J connectivity index is 1.08. The molecular weight excluding hydrogens is 462 g/mol. The Morgan fingerprint density at radius 2 is 1.54 bits per heavy atom. The number of rotatable bonds is 6. The minimum atomic E-state index is -0.481. The number of carbonyl (C=O) groups is 1. The fourth-order valence-corrected chi connectivity index (χ4v) is 9.66.